The molecule has 0 spiro atoms. The number of rotatable bonds is 5. The summed E-state index contributed by atoms with van der Waals surface area (Å²) in [4.78, 5) is 27.7. The van der Waals surface area contributed by atoms with Crippen LogP contribution in [0.25, 0.3) is 0 Å². The number of nitrogens with one attached hydrogen (secondary N) is 1. The summed E-state index contributed by atoms with van der Waals surface area (Å²) in [6.45, 7) is 3.83. The number of nitro benzene ring substituents is 1. The monoisotopic (exact) mass is 428 g/mol. The van der Waals surface area contributed by atoms with Crippen LogP contribution in [0.5, 0.6) is 0 Å². The fourth-order valence-corrected chi connectivity index (χ4v) is 4.07. The van der Waals surface area contributed by atoms with E-state index in [4.69, 9.17) is 4.74 Å². The Morgan fingerprint density at radius 2 is 1.65 bits per heavy atom. The summed E-state index contributed by atoms with van der Waals surface area (Å²) in [6.07, 6.45) is 3.23. The smallest absolute Gasteiger partial charge is 0.270 e. The van der Waals surface area contributed by atoms with Gasteiger partial charge in [-0.25, -0.2) is 4.39 Å². The van der Waals surface area contributed by atoms with Crippen molar-refractivity contribution >= 4 is 28.7 Å². The van der Waals surface area contributed by atoms with Crippen molar-refractivity contribution in [3.8, 4) is 0 Å². The Morgan fingerprint density at radius 3 is 2.32 bits per heavy atom. The quantitative estimate of drug-likeness (QED) is 0.576. The van der Waals surface area contributed by atoms with Gasteiger partial charge in [-0.2, -0.15) is 0 Å². The average molecular weight is 428 g/mol. The summed E-state index contributed by atoms with van der Waals surface area (Å²) in [7, 11) is 0. The summed E-state index contributed by atoms with van der Waals surface area (Å²) in [5.41, 5.74) is 1.44. The van der Waals surface area contributed by atoms with Crippen LogP contribution in [0.1, 0.15) is 29.6 Å². The molecule has 0 aromatic heterocycles. The lowest BCUT2D eigenvalue weighted by atomic mass is 10.1. The predicted octanol–water partition coefficient (Wildman–Crippen LogP) is 3.81. The van der Waals surface area contributed by atoms with Crippen LogP contribution >= 0.6 is 0 Å². The van der Waals surface area contributed by atoms with Gasteiger partial charge in [0.2, 0.25) is 0 Å². The largest absolute Gasteiger partial charge is 0.378 e. The highest BCUT2D eigenvalue weighted by Gasteiger charge is 2.23. The zero-order valence-corrected chi connectivity index (χ0v) is 17.2. The summed E-state index contributed by atoms with van der Waals surface area (Å²) >= 11 is 0. The number of halogens is 1. The molecule has 0 bridgehead atoms. The van der Waals surface area contributed by atoms with Gasteiger partial charge in [0, 0.05) is 44.0 Å². The van der Waals surface area contributed by atoms with Crippen LogP contribution in [0.2, 0.25) is 0 Å². The molecule has 2 aliphatic rings. The second-order valence-corrected chi connectivity index (χ2v) is 7.73. The number of morpholine rings is 1. The first-order chi connectivity index (χ1) is 15.0. The first-order valence-corrected chi connectivity index (χ1v) is 10.5. The molecule has 2 fully saturated rings. The van der Waals surface area contributed by atoms with E-state index in [0.717, 1.165) is 32.4 Å². The summed E-state index contributed by atoms with van der Waals surface area (Å²) < 4.78 is 20.1. The maximum absolute atomic E-state index is 14.7. The zero-order chi connectivity index (χ0) is 21.8. The molecule has 0 saturated carbocycles. The average Bonchev–Trinajstić information content (AvgIpc) is 2.80. The third kappa shape index (κ3) is 4.77. The minimum absolute atomic E-state index is 0.172. The highest BCUT2D eigenvalue weighted by atomic mass is 19.1. The van der Waals surface area contributed by atoms with Crippen molar-refractivity contribution in [1.29, 1.82) is 0 Å². The molecule has 2 saturated heterocycles. The molecule has 2 aromatic rings. The van der Waals surface area contributed by atoms with Crippen LogP contribution in [0, 0.1) is 15.9 Å². The Kier molecular flexibility index (Phi) is 6.31. The minimum atomic E-state index is -0.535. The van der Waals surface area contributed by atoms with Gasteiger partial charge in [0.05, 0.1) is 35.1 Å². The SMILES string of the molecule is O=C(Nc1ccc(N2CCCCC2)c(F)c1)c1cc([N+](=O)[O-])ccc1N1CCOCC1. The number of carbonyl (C=O) groups excluding carboxylic acids is 1. The number of nitro groups is 1. The van der Waals surface area contributed by atoms with Gasteiger partial charge in [-0.3, -0.25) is 14.9 Å². The summed E-state index contributed by atoms with van der Waals surface area (Å²) in [5, 5.41) is 13.9. The van der Waals surface area contributed by atoms with E-state index in [2.05, 4.69) is 5.32 Å². The summed E-state index contributed by atoms with van der Waals surface area (Å²) in [5.74, 6) is -0.914. The Bertz CT molecular complexity index is 972. The maximum Gasteiger partial charge on any atom is 0.270 e. The Labute approximate surface area is 179 Å². The molecule has 164 valence electrons. The van der Waals surface area contributed by atoms with Crippen molar-refractivity contribution < 1.29 is 18.8 Å². The summed E-state index contributed by atoms with van der Waals surface area (Å²) in [6, 6.07) is 8.86. The van der Waals surface area contributed by atoms with Crippen LogP contribution in [0.3, 0.4) is 0 Å². The molecule has 1 amide bonds. The van der Waals surface area contributed by atoms with Crippen molar-refractivity contribution in [2.75, 3.05) is 54.5 Å². The lowest BCUT2D eigenvalue weighted by Crippen LogP contribution is -2.37. The van der Waals surface area contributed by atoms with Crippen molar-refractivity contribution in [2.24, 2.45) is 0 Å². The molecule has 8 nitrogen and oxygen atoms in total. The zero-order valence-electron chi connectivity index (χ0n) is 17.2. The van der Waals surface area contributed by atoms with E-state index in [1.165, 1.54) is 18.2 Å². The highest BCUT2D eigenvalue weighted by molar-refractivity contribution is 6.08. The lowest BCUT2D eigenvalue weighted by molar-refractivity contribution is -0.384. The Morgan fingerprint density at radius 1 is 0.968 bits per heavy atom. The second kappa shape index (κ2) is 9.30. The molecule has 31 heavy (non-hydrogen) atoms. The Hall–Kier alpha value is -3.20. The van der Waals surface area contributed by atoms with Gasteiger partial charge in [-0.05, 0) is 43.5 Å². The first kappa shape index (κ1) is 21.0. The van der Waals surface area contributed by atoms with Gasteiger partial charge in [-0.1, -0.05) is 0 Å². The molecule has 2 aliphatic heterocycles. The third-order valence-corrected chi connectivity index (χ3v) is 5.69. The number of amides is 1. The number of nitrogens with zero attached hydrogens (tertiary/aromatic N) is 3. The number of non-ortho nitro benzene ring substituents is 1. The molecular formula is C22H25FN4O4. The van der Waals surface area contributed by atoms with Crippen LogP contribution in [0.15, 0.2) is 36.4 Å². The Balaban J connectivity index is 1.57. The number of piperidine rings is 1. The topological polar surface area (TPSA) is 88.0 Å². The van der Waals surface area contributed by atoms with Crippen molar-refractivity contribution in [3.63, 3.8) is 0 Å². The number of hydrogen-bond acceptors (Lipinski definition) is 6. The number of hydrogen-bond donors (Lipinski definition) is 1. The van der Waals surface area contributed by atoms with Crippen LogP contribution in [-0.4, -0.2) is 50.2 Å². The molecule has 0 radical (unpaired) electrons. The van der Waals surface area contributed by atoms with Gasteiger partial charge in [-0.15, -0.1) is 0 Å². The highest BCUT2D eigenvalue weighted by Crippen LogP contribution is 2.29. The molecule has 2 aromatic carbocycles. The van der Waals surface area contributed by atoms with Crippen LogP contribution in [0.4, 0.5) is 27.1 Å². The van der Waals surface area contributed by atoms with Crippen molar-refractivity contribution in [3.05, 3.63) is 57.9 Å². The number of benzene rings is 2. The van der Waals surface area contributed by atoms with E-state index >= 15 is 0 Å². The maximum atomic E-state index is 14.7. The first-order valence-electron chi connectivity index (χ1n) is 10.5. The number of ether oxygens (including phenoxy) is 1. The van der Waals surface area contributed by atoms with Gasteiger partial charge in [0.25, 0.3) is 11.6 Å². The second-order valence-electron chi connectivity index (χ2n) is 7.73. The molecule has 0 aliphatic carbocycles. The molecule has 0 unspecified atom stereocenters. The molecule has 2 heterocycles. The molecule has 9 heteroatoms. The van der Waals surface area contributed by atoms with Gasteiger partial charge >= 0.3 is 0 Å². The van der Waals surface area contributed by atoms with E-state index in [-0.39, 0.29) is 11.3 Å². The molecular weight excluding hydrogens is 403 g/mol. The van der Waals surface area contributed by atoms with Crippen LogP contribution < -0.4 is 15.1 Å². The predicted molar refractivity (Wildman–Crippen MR) is 117 cm³/mol. The minimum Gasteiger partial charge on any atom is -0.378 e. The van der Waals surface area contributed by atoms with Gasteiger partial charge in [0.1, 0.15) is 5.82 Å². The third-order valence-electron chi connectivity index (χ3n) is 5.69. The fraction of sp³-hybridized carbons (Fsp3) is 0.409. The van der Waals surface area contributed by atoms with Crippen LogP contribution in [-0.2, 0) is 4.74 Å². The van der Waals surface area contributed by atoms with Crippen molar-refractivity contribution in [2.45, 2.75) is 19.3 Å². The molecule has 0 atom stereocenters. The van der Waals surface area contributed by atoms with Gasteiger partial charge in [0.15, 0.2) is 0 Å². The normalized spacial score (nSPS) is 16.8. The molecule has 1 N–H and O–H groups in total. The fourth-order valence-electron chi connectivity index (χ4n) is 4.07. The number of carbonyl (C=O) groups is 1. The number of anilines is 3. The lowest BCUT2D eigenvalue weighted by Gasteiger charge is -2.30. The van der Waals surface area contributed by atoms with E-state index in [9.17, 15) is 19.3 Å². The van der Waals surface area contributed by atoms with Gasteiger partial charge < -0.3 is 19.9 Å². The van der Waals surface area contributed by atoms with E-state index in [1.54, 1.807) is 18.2 Å². The van der Waals surface area contributed by atoms with Crippen molar-refractivity contribution in [1.82, 2.24) is 0 Å². The van der Waals surface area contributed by atoms with E-state index < -0.39 is 16.6 Å². The molecule has 4 rings (SSSR count). The standard InChI is InChI=1S/C22H25FN4O4/c23-19-14-16(4-6-21(19)25-8-2-1-3-9-25)24-22(28)18-15-17(27(29)30)5-7-20(18)26-10-12-31-13-11-26/h4-7,14-15H,1-3,8-13H2,(H,24,28). The van der Waals surface area contributed by atoms with E-state index in [1.807, 2.05) is 9.80 Å². The van der Waals surface area contributed by atoms with E-state index in [0.29, 0.717) is 43.4 Å².